The Morgan fingerprint density at radius 1 is 0.431 bits per heavy atom. The molecule has 0 aliphatic heterocycles. The molecule has 0 bridgehead atoms. The number of phosphoric ester groups is 1. The molecule has 0 aromatic rings. The van der Waals surface area contributed by atoms with Crippen LogP contribution in [0.15, 0.2) is 122 Å². The zero-order valence-corrected chi connectivity index (χ0v) is 47.2. The minimum absolute atomic E-state index is 0.0405. The van der Waals surface area contributed by atoms with E-state index in [0.29, 0.717) is 23.9 Å². The minimum atomic E-state index is -4.65. The summed E-state index contributed by atoms with van der Waals surface area (Å²) < 4.78 is 34.1. The molecule has 0 fully saturated rings. The average Bonchev–Trinajstić information content (AvgIpc) is 3.34. The monoisotopic (exact) mass is 1020 g/mol. The average molecular weight is 1020 g/mol. The van der Waals surface area contributed by atoms with Crippen molar-refractivity contribution in [2.24, 2.45) is 0 Å². The molecule has 0 saturated heterocycles. The molecule has 0 aromatic heterocycles. The van der Waals surface area contributed by atoms with E-state index >= 15 is 0 Å². The molecule has 0 amide bonds. The van der Waals surface area contributed by atoms with Crippen LogP contribution in [0.2, 0.25) is 0 Å². The van der Waals surface area contributed by atoms with E-state index in [-0.39, 0.29) is 26.1 Å². The van der Waals surface area contributed by atoms with Crippen molar-refractivity contribution < 1.29 is 42.1 Å². The van der Waals surface area contributed by atoms with Gasteiger partial charge in [-0.25, -0.2) is 0 Å². The standard InChI is InChI=1S/C62H104NO8P/c1-6-8-10-12-14-16-18-20-22-23-24-25-26-27-28-29-30-31-32-33-34-35-36-37-38-39-41-43-45-47-49-51-53-55-62(65)71-60(59-70-72(66,67)69-57-56-63(3,4)5)58-68-61(64)54-52-50-48-46-44-42-40-21-19-17-15-13-11-9-7-2/h8-11,14-17,20-22,24-25,27-28,30-31,33-34,40,60H,6-7,12-13,18-19,23,26,29,32,35-39,41-59H2,1-5H3/b10-8-,11-9-,16-14-,17-15-,22-20-,25-24-,28-27-,31-30-,34-33-,40-21-. The largest absolute Gasteiger partial charge is 0.756 e. The number of unbranched alkanes of at least 4 members (excludes halogenated alkanes) is 16. The molecular formula is C62H104NO8P. The van der Waals surface area contributed by atoms with Gasteiger partial charge in [-0.3, -0.25) is 14.2 Å². The molecule has 0 aliphatic carbocycles. The Kier molecular flexibility index (Phi) is 49.7. The van der Waals surface area contributed by atoms with Crippen molar-refractivity contribution in [3.05, 3.63) is 122 Å². The molecule has 2 atom stereocenters. The molecular weight excluding hydrogens is 918 g/mol. The molecule has 2 unspecified atom stereocenters. The molecule has 0 N–H and O–H groups in total. The number of hydrogen-bond donors (Lipinski definition) is 0. The second-order valence-corrected chi connectivity index (χ2v) is 20.9. The topological polar surface area (TPSA) is 111 Å². The highest BCUT2D eigenvalue weighted by molar-refractivity contribution is 7.45. The molecule has 72 heavy (non-hydrogen) atoms. The number of ether oxygens (including phenoxy) is 2. The quantitative estimate of drug-likeness (QED) is 0.0195. The summed E-state index contributed by atoms with van der Waals surface area (Å²) in [5.41, 5.74) is 0. The predicted molar refractivity (Wildman–Crippen MR) is 305 cm³/mol. The number of nitrogens with zero attached hydrogens (tertiary/aromatic N) is 1. The predicted octanol–water partition coefficient (Wildman–Crippen LogP) is 17.0. The van der Waals surface area contributed by atoms with Gasteiger partial charge >= 0.3 is 11.9 Å². The molecule has 0 radical (unpaired) electrons. The van der Waals surface area contributed by atoms with Crippen molar-refractivity contribution in [2.45, 2.75) is 213 Å². The van der Waals surface area contributed by atoms with E-state index < -0.39 is 32.5 Å². The van der Waals surface area contributed by atoms with E-state index in [4.69, 9.17) is 18.5 Å². The molecule has 9 nitrogen and oxygen atoms in total. The molecule has 0 saturated carbocycles. The van der Waals surface area contributed by atoms with Crippen molar-refractivity contribution in [1.29, 1.82) is 0 Å². The first kappa shape index (κ1) is 68.4. The molecule has 10 heteroatoms. The third-order valence-corrected chi connectivity index (χ3v) is 12.4. The second kappa shape index (κ2) is 52.3. The van der Waals surface area contributed by atoms with Crippen LogP contribution in [-0.4, -0.2) is 70.0 Å². The van der Waals surface area contributed by atoms with E-state index in [9.17, 15) is 19.0 Å². The summed E-state index contributed by atoms with van der Waals surface area (Å²) in [7, 11) is 1.14. The van der Waals surface area contributed by atoms with Crippen LogP contribution in [0.3, 0.4) is 0 Å². The highest BCUT2D eigenvalue weighted by Gasteiger charge is 2.21. The van der Waals surface area contributed by atoms with Crippen LogP contribution in [0.5, 0.6) is 0 Å². The minimum Gasteiger partial charge on any atom is -0.756 e. The summed E-state index contributed by atoms with van der Waals surface area (Å²) in [6.07, 6.45) is 73.9. The lowest BCUT2D eigenvalue weighted by Gasteiger charge is -2.28. The molecule has 410 valence electrons. The van der Waals surface area contributed by atoms with Crippen molar-refractivity contribution in [3.8, 4) is 0 Å². The Hall–Kier alpha value is -3.59. The van der Waals surface area contributed by atoms with Gasteiger partial charge in [-0.05, 0) is 103 Å². The van der Waals surface area contributed by atoms with Crippen LogP contribution in [0.25, 0.3) is 0 Å². The third kappa shape index (κ3) is 55.7. The first-order valence-corrected chi connectivity index (χ1v) is 29.7. The highest BCUT2D eigenvalue weighted by Crippen LogP contribution is 2.38. The summed E-state index contributed by atoms with van der Waals surface area (Å²) in [5, 5.41) is 0. The van der Waals surface area contributed by atoms with Crippen molar-refractivity contribution in [1.82, 2.24) is 0 Å². The van der Waals surface area contributed by atoms with Gasteiger partial charge in [0.2, 0.25) is 0 Å². The number of hydrogen-bond acceptors (Lipinski definition) is 8. The smallest absolute Gasteiger partial charge is 0.306 e. The van der Waals surface area contributed by atoms with Gasteiger partial charge in [0.1, 0.15) is 19.8 Å². The molecule has 0 aromatic carbocycles. The molecule has 0 heterocycles. The fraction of sp³-hybridized carbons (Fsp3) is 0.645. The lowest BCUT2D eigenvalue weighted by Crippen LogP contribution is -2.37. The van der Waals surface area contributed by atoms with Gasteiger partial charge in [0.05, 0.1) is 27.7 Å². The second-order valence-electron chi connectivity index (χ2n) is 19.5. The van der Waals surface area contributed by atoms with E-state index in [1.807, 2.05) is 21.1 Å². The molecule has 0 spiro atoms. The summed E-state index contributed by atoms with van der Waals surface area (Å²) in [5.74, 6) is -0.865. The lowest BCUT2D eigenvalue weighted by atomic mass is 10.0. The molecule has 0 aliphatic rings. The maximum atomic E-state index is 12.8. The number of quaternary nitrogens is 1. The number of esters is 2. The van der Waals surface area contributed by atoms with E-state index in [2.05, 4.69) is 135 Å². The number of carbonyl (C=O) groups excluding carboxylic acids is 2. The Morgan fingerprint density at radius 3 is 1.11 bits per heavy atom. The Balaban J connectivity index is 4.16. The maximum absolute atomic E-state index is 12.8. The maximum Gasteiger partial charge on any atom is 0.306 e. The fourth-order valence-electron chi connectivity index (χ4n) is 7.18. The zero-order valence-electron chi connectivity index (χ0n) is 46.3. The van der Waals surface area contributed by atoms with Crippen molar-refractivity contribution >= 4 is 19.8 Å². The normalized spacial score (nSPS) is 14.2. The van der Waals surface area contributed by atoms with Crippen LogP contribution < -0.4 is 4.89 Å². The molecule has 0 rings (SSSR count). The van der Waals surface area contributed by atoms with E-state index in [1.54, 1.807) is 0 Å². The van der Waals surface area contributed by atoms with Gasteiger partial charge in [-0.2, -0.15) is 0 Å². The third-order valence-electron chi connectivity index (χ3n) is 11.5. The lowest BCUT2D eigenvalue weighted by molar-refractivity contribution is -0.870. The number of phosphoric acid groups is 1. The van der Waals surface area contributed by atoms with Crippen LogP contribution >= 0.6 is 7.82 Å². The SMILES string of the molecule is CC/C=C\C/C=C\C/C=C\C/C=C\C/C=C\C/C=C\C/C=C\CCCCCCCCCCCCCC(=O)OC(COC(=O)CCCCCCC/C=C\C/C=C\C/C=C\CC)COP(=O)([O-])OCC[N+](C)(C)C. The van der Waals surface area contributed by atoms with Gasteiger partial charge in [0.15, 0.2) is 6.10 Å². The summed E-state index contributed by atoms with van der Waals surface area (Å²) in [6.45, 7) is 3.97. The Labute approximate surface area is 441 Å². The van der Waals surface area contributed by atoms with Crippen molar-refractivity contribution in [3.63, 3.8) is 0 Å². The number of rotatable bonds is 50. The summed E-state index contributed by atoms with van der Waals surface area (Å²) >= 11 is 0. The van der Waals surface area contributed by atoms with Gasteiger partial charge in [-0.1, -0.05) is 212 Å². The van der Waals surface area contributed by atoms with Crippen LogP contribution in [0, 0.1) is 0 Å². The van der Waals surface area contributed by atoms with Crippen LogP contribution in [0.1, 0.15) is 206 Å². The van der Waals surface area contributed by atoms with Crippen LogP contribution in [-0.2, 0) is 32.7 Å². The number of carbonyl (C=O) groups is 2. The summed E-state index contributed by atoms with van der Waals surface area (Å²) in [4.78, 5) is 37.8. The Morgan fingerprint density at radius 2 is 0.750 bits per heavy atom. The van der Waals surface area contributed by atoms with Crippen LogP contribution in [0.4, 0.5) is 0 Å². The van der Waals surface area contributed by atoms with Gasteiger partial charge < -0.3 is 27.9 Å². The highest BCUT2D eigenvalue weighted by atomic mass is 31.2. The number of likely N-dealkylation sites (N-methyl/N-ethyl adjacent to an activating group) is 1. The van der Waals surface area contributed by atoms with Gasteiger partial charge in [-0.15, -0.1) is 0 Å². The van der Waals surface area contributed by atoms with Crippen molar-refractivity contribution in [2.75, 3.05) is 47.5 Å². The Bertz CT molecular complexity index is 1630. The number of allylic oxidation sites excluding steroid dienone is 20. The van der Waals surface area contributed by atoms with Gasteiger partial charge in [0, 0.05) is 12.8 Å². The zero-order chi connectivity index (χ0) is 52.7. The summed E-state index contributed by atoms with van der Waals surface area (Å²) in [6, 6.07) is 0. The first-order chi connectivity index (χ1) is 35.0. The van der Waals surface area contributed by atoms with E-state index in [0.717, 1.165) is 122 Å². The van der Waals surface area contributed by atoms with E-state index in [1.165, 1.54) is 44.9 Å². The fourth-order valence-corrected chi connectivity index (χ4v) is 7.91. The van der Waals surface area contributed by atoms with Gasteiger partial charge in [0.25, 0.3) is 7.82 Å². The first-order valence-electron chi connectivity index (χ1n) is 28.2.